The van der Waals surface area contributed by atoms with E-state index in [1.165, 1.54) is 0 Å². The zero-order valence-electron chi connectivity index (χ0n) is 11.4. The highest BCUT2D eigenvalue weighted by atomic mass is 79.9. The molecule has 4 heteroatoms. The van der Waals surface area contributed by atoms with Gasteiger partial charge in [0.15, 0.2) is 0 Å². The summed E-state index contributed by atoms with van der Waals surface area (Å²) in [7, 11) is 0. The third-order valence-electron chi connectivity index (χ3n) is 3.17. The van der Waals surface area contributed by atoms with Crippen LogP contribution in [0, 0.1) is 13.8 Å². The van der Waals surface area contributed by atoms with Gasteiger partial charge in [0.2, 0.25) is 0 Å². The number of alkyl halides is 1. The Labute approximate surface area is 127 Å². The number of amides is 1. The Morgan fingerprint density at radius 1 is 1.20 bits per heavy atom. The van der Waals surface area contributed by atoms with Crippen LogP contribution >= 0.6 is 15.9 Å². The number of hydrogen-bond acceptors (Lipinski definition) is 2. The van der Waals surface area contributed by atoms with Crippen molar-refractivity contribution in [3.8, 4) is 5.75 Å². The topological polar surface area (TPSA) is 38.3 Å². The van der Waals surface area contributed by atoms with Crippen LogP contribution in [0.1, 0.15) is 21.5 Å². The van der Waals surface area contributed by atoms with Gasteiger partial charge in [-0.05, 0) is 65.2 Å². The maximum absolute atomic E-state index is 12.3. The average Bonchev–Trinajstić information content (AvgIpc) is 2.44. The average molecular weight is 334 g/mol. The molecule has 0 fully saturated rings. The van der Waals surface area contributed by atoms with Crippen molar-refractivity contribution < 1.29 is 9.53 Å². The molecule has 0 saturated heterocycles. The lowest BCUT2D eigenvalue weighted by molar-refractivity contribution is 0.102. The molecule has 0 aliphatic carbocycles. The lowest BCUT2D eigenvalue weighted by Gasteiger charge is -2.11. The fourth-order valence-electron chi connectivity index (χ4n) is 1.87. The number of hydrogen-bond donors (Lipinski definition) is 1. The predicted octanol–water partition coefficient (Wildman–Crippen LogP) is 4.29. The van der Waals surface area contributed by atoms with Gasteiger partial charge in [-0.25, -0.2) is 0 Å². The normalized spacial score (nSPS) is 10.2. The Bertz CT molecular complexity index is 626. The van der Waals surface area contributed by atoms with Crippen molar-refractivity contribution in [1.82, 2.24) is 0 Å². The molecule has 0 aliphatic rings. The number of aryl methyl sites for hydroxylation is 1. The van der Waals surface area contributed by atoms with Crippen molar-refractivity contribution in [2.24, 2.45) is 0 Å². The Morgan fingerprint density at radius 2 is 1.95 bits per heavy atom. The molecular weight excluding hydrogens is 318 g/mol. The molecule has 0 radical (unpaired) electrons. The smallest absolute Gasteiger partial charge is 0.255 e. The monoisotopic (exact) mass is 333 g/mol. The Hall–Kier alpha value is -1.81. The van der Waals surface area contributed by atoms with E-state index in [4.69, 9.17) is 4.74 Å². The van der Waals surface area contributed by atoms with Crippen LogP contribution in [0.25, 0.3) is 0 Å². The SMILES string of the molecule is Cc1cccc(NC(=O)c2cccc(OCBr)c2)c1C. The molecule has 0 aromatic heterocycles. The molecule has 0 aliphatic heterocycles. The fourth-order valence-corrected chi connectivity index (χ4v) is 2.14. The van der Waals surface area contributed by atoms with Gasteiger partial charge in [-0.15, -0.1) is 0 Å². The first-order valence-electron chi connectivity index (χ1n) is 6.28. The maximum atomic E-state index is 12.3. The third kappa shape index (κ3) is 3.39. The summed E-state index contributed by atoms with van der Waals surface area (Å²) in [4.78, 5) is 12.3. The van der Waals surface area contributed by atoms with Crippen molar-refractivity contribution in [1.29, 1.82) is 0 Å². The summed E-state index contributed by atoms with van der Waals surface area (Å²) in [5.74, 6) is 0.522. The number of carbonyl (C=O) groups excluding carboxylic acids is 1. The van der Waals surface area contributed by atoms with Crippen LogP contribution in [0.4, 0.5) is 5.69 Å². The summed E-state index contributed by atoms with van der Waals surface area (Å²) in [5, 5.41) is 2.93. The van der Waals surface area contributed by atoms with E-state index >= 15 is 0 Å². The Kier molecular flexibility index (Phi) is 4.79. The van der Waals surface area contributed by atoms with Crippen molar-refractivity contribution in [2.45, 2.75) is 13.8 Å². The largest absolute Gasteiger partial charge is 0.482 e. The van der Waals surface area contributed by atoms with E-state index in [2.05, 4.69) is 21.2 Å². The molecular formula is C16H16BrNO2. The first kappa shape index (κ1) is 14.6. The van der Waals surface area contributed by atoms with Crippen LogP contribution in [0.5, 0.6) is 5.75 Å². The highest BCUT2D eigenvalue weighted by molar-refractivity contribution is 9.09. The van der Waals surface area contributed by atoms with E-state index in [0.717, 1.165) is 16.8 Å². The highest BCUT2D eigenvalue weighted by Crippen LogP contribution is 2.20. The summed E-state index contributed by atoms with van der Waals surface area (Å²) in [5.41, 5.74) is 4.04. The van der Waals surface area contributed by atoms with Gasteiger partial charge in [0.1, 0.15) is 11.3 Å². The zero-order valence-corrected chi connectivity index (χ0v) is 13.0. The molecule has 1 N–H and O–H groups in total. The molecule has 3 nitrogen and oxygen atoms in total. The van der Waals surface area contributed by atoms with Gasteiger partial charge in [0.25, 0.3) is 5.91 Å². The zero-order chi connectivity index (χ0) is 14.5. The van der Waals surface area contributed by atoms with Crippen LogP contribution in [-0.4, -0.2) is 11.4 Å². The summed E-state index contributed by atoms with van der Waals surface area (Å²) >= 11 is 3.20. The molecule has 0 unspecified atom stereocenters. The van der Waals surface area contributed by atoms with Crippen LogP contribution in [-0.2, 0) is 0 Å². The molecule has 2 aromatic rings. The summed E-state index contributed by atoms with van der Waals surface area (Å²) in [6.45, 7) is 4.02. The second-order valence-electron chi connectivity index (χ2n) is 4.48. The summed E-state index contributed by atoms with van der Waals surface area (Å²) in [6.07, 6.45) is 0. The van der Waals surface area contributed by atoms with Gasteiger partial charge in [0, 0.05) is 11.3 Å². The molecule has 0 spiro atoms. The minimum Gasteiger partial charge on any atom is -0.482 e. The highest BCUT2D eigenvalue weighted by Gasteiger charge is 2.09. The minimum absolute atomic E-state index is 0.140. The van der Waals surface area contributed by atoms with E-state index in [9.17, 15) is 4.79 Å². The summed E-state index contributed by atoms with van der Waals surface area (Å²) < 4.78 is 5.33. The van der Waals surface area contributed by atoms with E-state index < -0.39 is 0 Å². The Balaban J connectivity index is 2.19. The second kappa shape index (κ2) is 6.57. The van der Waals surface area contributed by atoms with Gasteiger partial charge in [-0.2, -0.15) is 0 Å². The molecule has 104 valence electrons. The van der Waals surface area contributed by atoms with Crippen LogP contribution in [0.2, 0.25) is 0 Å². The van der Waals surface area contributed by atoms with Crippen LogP contribution < -0.4 is 10.1 Å². The fraction of sp³-hybridized carbons (Fsp3) is 0.188. The van der Waals surface area contributed by atoms with Crippen molar-refractivity contribution in [2.75, 3.05) is 10.8 Å². The molecule has 0 heterocycles. The van der Waals surface area contributed by atoms with Crippen molar-refractivity contribution in [3.05, 3.63) is 59.2 Å². The lowest BCUT2D eigenvalue weighted by atomic mass is 10.1. The van der Waals surface area contributed by atoms with E-state index in [1.807, 2.05) is 38.1 Å². The first-order valence-corrected chi connectivity index (χ1v) is 7.40. The molecule has 0 bridgehead atoms. The number of rotatable bonds is 4. The van der Waals surface area contributed by atoms with Gasteiger partial charge < -0.3 is 10.1 Å². The first-order chi connectivity index (χ1) is 9.61. The molecule has 0 atom stereocenters. The molecule has 2 rings (SSSR count). The maximum Gasteiger partial charge on any atom is 0.255 e. The Morgan fingerprint density at radius 3 is 2.70 bits per heavy atom. The van der Waals surface area contributed by atoms with Crippen molar-refractivity contribution in [3.63, 3.8) is 0 Å². The van der Waals surface area contributed by atoms with E-state index in [-0.39, 0.29) is 5.91 Å². The standard InChI is InChI=1S/C16H16BrNO2/c1-11-5-3-8-15(12(11)2)18-16(19)13-6-4-7-14(9-13)20-10-17/h3-9H,10H2,1-2H3,(H,18,19). The second-order valence-corrected chi connectivity index (χ2v) is 4.94. The third-order valence-corrected chi connectivity index (χ3v) is 3.40. The summed E-state index contributed by atoms with van der Waals surface area (Å²) in [6, 6.07) is 13.0. The van der Waals surface area contributed by atoms with E-state index in [1.54, 1.807) is 18.2 Å². The molecule has 2 aromatic carbocycles. The number of nitrogens with one attached hydrogen (secondary N) is 1. The van der Waals surface area contributed by atoms with Gasteiger partial charge in [-0.3, -0.25) is 4.79 Å². The number of benzene rings is 2. The molecule has 20 heavy (non-hydrogen) atoms. The molecule has 0 saturated carbocycles. The minimum atomic E-state index is -0.140. The quantitative estimate of drug-likeness (QED) is 0.847. The van der Waals surface area contributed by atoms with Crippen LogP contribution in [0.15, 0.2) is 42.5 Å². The number of carbonyl (C=O) groups is 1. The van der Waals surface area contributed by atoms with Gasteiger partial charge >= 0.3 is 0 Å². The number of ether oxygens (including phenoxy) is 1. The van der Waals surface area contributed by atoms with E-state index in [0.29, 0.717) is 16.8 Å². The van der Waals surface area contributed by atoms with Gasteiger partial charge in [0.05, 0.1) is 0 Å². The number of halogens is 1. The predicted molar refractivity (Wildman–Crippen MR) is 84.7 cm³/mol. The lowest BCUT2D eigenvalue weighted by Crippen LogP contribution is -2.13. The molecule has 1 amide bonds. The van der Waals surface area contributed by atoms with Crippen LogP contribution in [0.3, 0.4) is 0 Å². The van der Waals surface area contributed by atoms with Crippen molar-refractivity contribution >= 4 is 27.5 Å². The van der Waals surface area contributed by atoms with Gasteiger partial charge in [-0.1, -0.05) is 18.2 Å². The number of anilines is 1.